The summed E-state index contributed by atoms with van der Waals surface area (Å²) in [5, 5.41) is 3.43. The highest BCUT2D eigenvalue weighted by Crippen LogP contribution is 2.23. The third kappa shape index (κ3) is 2.34. The lowest BCUT2D eigenvalue weighted by Gasteiger charge is -2.19. The van der Waals surface area contributed by atoms with Crippen molar-refractivity contribution >= 4 is 0 Å². The van der Waals surface area contributed by atoms with E-state index in [2.05, 4.69) is 36.1 Å². The summed E-state index contributed by atoms with van der Waals surface area (Å²) >= 11 is 0. The van der Waals surface area contributed by atoms with Gasteiger partial charge in [0.2, 0.25) is 0 Å². The van der Waals surface area contributed by atoms with Gasteiger partial charge >= 0.3 is 0 Å². The second-order valence-corrected chi connectivity index (χ2v) is 5.20. The zero-order valence-corrected chi connectivity index (χ0v) is 9.75. The molecule has 1 fully saturated rings. The number of aromatic nitrogens is 2. The number of nitrogens with one attached hydrogen (secondary N) is 1. The lowest BCUT2D eigenvalue weighted by molar-refractivity contribution is 0.541. The lowest BCUT2D eigenvalue weighted by Crippen LogP contribution is -2.20. The molecule has 1 aliphatic rings. The zero-order chi connectivity index (χ0) is 10.9. The van der Waals surface area contributed by atoms with Crippen LogP contribution in [0.5, 0.6) is 0 Å². The smallest absolute Gasteiger partial charge is 0.145 e. The van der Waals surface area contributed by atoms with Crippen molar-refractivity contribution in [1.29, 1.82) is 0 Å². The van der Waals surface area contributed by atoms with E-state index >= 15 is 0 Å². The molecule has 1 atom stereocenters. The third-order valence-electron chi connectivity index (χ3n) is 2.81. The largest absolute Gasteiger partial charge is 0.307 e. The average molecular weight is 205 g/mol. The molecule has 1 aromatic rings. The maximum atomic E-state index is 4.65. The summed E-state index contributed by atoms with van der Waals surface area (Å²) < 4.78 is 0. The highest BCUT2D eigenvalue weighted by Gasteiger charge is 2.21. The lowest BCUT2D eigenvalue weighted by atomic mass is 9.92. The Hall–Kier alpha value is -0.960. The van der Waals surface area contributed by atoms with Crippen LogP contribution in [-0.4, -0.2) is 16.5 Å². The van der Waals surface area contributed by atoms with E-state index in [0.717, 1.165) is 24.5 Å². The van der Waals surface area contributed by atoms with Crippen LogP contribution in [-0.2, 0) is 5.41 Å². The molecule has 1 aliphatic heterocycles. The Morgan fingerprint density at radius 2 is 2.20 bits per heavy atom. The highest BCUT2D eigenvalue weighted by atomic mass is 15.0. The maximum Gasteiger partial charge on any atom is 0.145 e. The van der Waals surface area contributed by atoms with Gasteiger partial charge in [0.05, 0.1) is 6.04 Å². The predicted molar refractivity (Wildman–Crippen MR) is 60.7 cm³/mol. The van der Waals surface area contributed by atoms with Crippen LogP contribution in [0.2, 0.25) is 0 Å². The van der Waals surface area contributed by atoms with Crippen LogP contribution in [0.4, 0.5) is 0 Å². The Morgan fingerprint density at radius 3 is 2.80 bits per heavy atom. The summed E-state index contributed by atoms with van der Waals surface area (Å²) in [7, 11) is 0. The Kier molecular flexibility index (Phi) is 2.74. The van der Waals surface area contributed by atoms with Crippen LogP contribution >= 0.6 is 0 Å². The van der Waals surface area contributed by atoms with Gasteiger partial charge in [-0.25, -0.2) is 9.97 Å². The monoisotopic (exact) mass is 205 g/mol. The molecular weight excluding hydrogens is 186 g/mol. The van der Waals surface area contributed by atoms with Gasteiger partial charge in [0, 0.05) is 17.3 Å². The predicted octanol–water partition coefficient (Wildman–Crippen LogP) is 2.20. The Bertz CT molecular complexity index is 335. The van der Waals surface area contributed by atoms with Crippen LogP contribution in [0.1, 0.15) is 51.2 Å². The molecule has 3 heteroatoms. The maximum absolute atomic E-state index is 4.65. The average Bonchev–Trinajstić information content (AvgIpc) is 2.69. The fraction of sp³-hybridized carbons (Fsp3) is 0.667. The van der Waals surface area contributed by atoms with E-state index in [1.54, 1.807) is 0 Å². The first kappa shape index (κ1) is 10.6. The first-order valence-electron chi connectivity index (χ1n) is 5.64. The van der Waals surface area contributed by atoms with E-state index in [-0.39, 0.29) is 5.41 Å². The minimum Gasteiger partial charge on any atom is -0.307 e. The van der Waals surface area contributed by atoms with Crippen LogP contribution in [0.25, 0.3) is 0 Å². The van der Waals surface area contributed by atoms with Crippen LogP contribution in [0.3, 0.4) is 0 Å². The molecule has 0 aliphatic carbocycles. The van der Waals surface area contributed by atoms with Gasteiger partial charge in [-0.2, -0.15) is 0 Å². The van der Waals surface area contributed by atoms with Crippen molar-refractivity contribution in [2.75, 3.05) is 6.54 Å². The van der Waals surface area contributed by atoms with Gasteiger partial charge in [0.15, 0.2) is 0 Å². The summed E-state index contributed by atoms with van der Waals surface area (Å²) in [6.45, 7) is 7.64. The quantitative estimate of drug-likeness (QED) is 0.763. The van der Waals surface area contributed by atoms with Gasteiger partial charge in [-0.1, -0.05) is 20.8 Å². The van der Waals surface area contributed by atoms with Gasteiger partial charge in [-0.15, -0.1) is 0 Å². The SMILES string of the molecule is CC(C)(C)c1ccnc(C2CCCN2)n1. The molecule has 0 aromatic carbocycles. The summed E-state index contributed by atoms with van der Waals surface area (Å²) in [6.07, 6.45) is 4.27. The Balaban J connectivity index is 2.26. The first-order valence-corrected chi connectivity index (χ1v) is 5.64. The van der Waals surface area contributed by atoms with Crippen LogP contribution in [0.15, 0.2) is 12.3 Å². The number of rotatable bonds is 1. The van der Waals surface area contributed by atoms with Crippen molar-refractivity contribution < 1.29 is 0 Å². The minimum atomic E-state index is 0.107. The van der Waals surface area contributed by atoms with Gasteiger partial charge in [0.25, 0.3) is 0 Å². The van der Waals surface area contributed by atoms with E-state index in [0.29, 0.717) is 6.04 Å². The Morgan fingerprint density at radius 1 is 1.40 bits per heavy atom. The van der Waals surface area contributed by atoms with Gasteiger partial charge in [-0.05, 0) is 25.5 Å². The fourth-order valence-electron chi connectivity index (χ4n) is 1.86. The molecule has 1 aromatic heterocycles. The van der Waals surface area contributed by atoms with E-state index in [9.17, 15) is 0 Å². The number of hydrogen-bond donors (Lipinski definition) is 1. The van der Waals surface area contributed by atoms with Crippen LogP contribution < -0.4 is 5.32 Å². The standard InChI is InChI=1S/C12H19N3/c1-12(2,3)10-6-8-14-11(15-10)9-5-4-7-13-9/h6,8-9,13H,4-5,7H2,1-3H3. The molecule has 0 bridgehead atoms. The molecule has 0 radical (unpaired) electrons. The normalized spacial score (nSPS) is 21.9. The molecule has 82 valence electrons. The molecule has 2 heterocycles. The van der Waals surface area contributed by atoms with Gasteiger partial charge in [0.1, 0.15) is 5.82 Å². The first-order chi connectivity index (χ1) is 7.07. The molecule has 1 N–H and O–H groups in total. The van der Waals surface area contributed by atoms with E-state index < -0.39 is 0 Å². The van der Waals surface area contributed by atoms with Gasteiger partial charge in [-0.3, -0.25) is 0 Å². The molecule has 3 nitrogen and oxygen atoms in total. The molecular formula is C12H19N3. The fourth-order valence-corrected chi connectivity index (χ4v) is 1.86. The molecule has 1 unspecified atom stereocenters. The van der Waals surface area contributed by atoms with Crippen molar-refractivity contribution in [3.8, 4) is 0 Å². The number of nitrogens with zero attached hydrogens (tertiary/aromatic N) is 2. The van der Waals surface area contributed by atoms with Crippen molar-refractivity contribution in [2.24, 2.45) is 0 Å². The van der Waals surface area contributed by atoms with Crippen molar-refractivity contribution in [2.45, 2.75) is 45.1 Å². The molecule has 0 spiro atoms. The summed E-state index contributed by atoms with van der Waals surface area (Å²) in [5.41, 5.74) is 1.23. The molecule has 15 heavy (non-hydrogen) atoms. The second-order valence-electron chi connectivity index (χ2n) is 5.20. The topological polar surface area (TPSA) is 37.8 Å². The molecule has 2 rings (SSSR count). The zero-order valence-electron chi connectivity index (χ0n) is 9.75. The third-order valence-corrected chi connectivity index (χ3v) is 2.81. The minimum absolute atomic E-state index is 0.107. The summed E-state index contributed by atoms with van der Waals surface area (Å²) in [5.74, 6) is 0.958. The van der Waals surface area contributed by atoms with Crippen molar-refractivity contribution in [3.63, 3.8) is 0 Å². The second kappa shape index (κ2) is 3.89. The highest BCUT2D eigenvalue weighted by molar-refractivity contribution is 5.13. The van der Waals surface area contributed by atoms with Crippen molar-refractivity contribution in [1.82, 2.24) is 15.3 Å². The van der Waals surface area contributed by atoms with Gasteiger partial charge < -0.3 is 5.32 Å². The molecule has 1 saturated heterocycles. The van der Waals surface area contributed by atoms with Crippen molar-refractivity contribution in [3.05, 3.63) is 23.8 Å². The number of hydrogen-bond acceptors (Lipinski definition) is 3. The summed E-state index contributed by atoms with van der Waals surface area (Å²) in [4.78, 5) is 9.01. The van der Waals surface area contributed by atoms with E-state index in [1.165, 1.54) is 6.42 Å². The summed E-state index contributed by atoms with van der Waals surface area (Å²) in [6, 6.07) is 2.38. The molecule has 0 amide bonds. The molecule has 0 saturated carbocycles. The van der Waals surface area contributed by atoms with E-state index in [1.807, 2.05) is 12.3 Å². The van der Waals surface area contributed by atoms with Crippen LogP contribution in [0, 0.1) is 0 Å². The Labute approximate surface area is 91.3 Å². The van der Waals surface area contributed by atoms with E-state index in [4.69, 9.17) is 0 Å².